The summed E-state index contributed by atoms with van der Waals surface area (Å²) in [5.74, 6) is -1.18. The fourth-order valence-corrected chi connectivity index (χ4v) is 3.89. The number of nitrogen functional groups attached to an aromatic ring is 1. The molecule has 24 heavy (non-hydrogen) atoms. The number of carbonyl (C=O) groups is 1. The predicted molar refractivity (Wildman–Crippen MR) is 94.0 cm³/mol. The molecule has 1 aliphatic carbocycles. The molecule has 2 heterocycles. The highest BCUT2D eigenvalue weighted by atomic mass is 16.4. The number of hydrogen-bond donors (Lipinski definition) is 2. The van der Waals surface area contributed by atoms with Crippen molar-refractivity contribution in [3.8, 4) is 0 Å². The van der Waals surface area contributed by atoms with Crippen LogP contribution in [0.3, 0.4) is 0 Å². The van der Waals surface area contributed by atoms with E-state index in [0.717, 1.165) is 55.5 Å². The van der Waals surface area contributed by atoms with Crippen LogP contribution in [0.1, 0.15) is 47.6 Å². The molecule has 3 N–H and O–H groups in total. The van der Waals surface area contributed by atoms with Crippen LogP contribution in [0.5, 0.6) is 0 Å². The van der Waals surface area contributed by atoms with Gasteiger partial charge in [-0.2, -0.15) is 0 Å². The molecule has 1 aromatic heterocycles. The summed E-state index contributed by atoms with van der Waals surface area (Å²) < 4.78 is 1.98. The third-order valence-electron chi connectivity index (χ3n) is 5.15. The number of aromatic carboxylic acids is 1. The van der Waals surface area contributed by atoms with Gasteiger partial charge in [-0.05, 0) is 44.2 Å². The Hall–Kier alpha value is -2.50. The molecule has 126 valence electrons. The smallest absolute Gasteiger partial charge is 0.341 e. The van der Waals surface area contributed by atoms with Gasteiger partial charge in [0, 0.05) is 30.7 Å². The van der Waals surface area contributed by atoms with Gasteiger partial charge >= 0.3 is 5.97 Å². The number of aryl methyl sites for hydroxylation is 1. The van der Waals surface area contributed by atoms with Crippen molar-refractivity contribution < 1.29 is 9.90 Å². The number of carboxylic acids is 1. The van der Waals surface area contributed by atoms with E-state index in [1.165, 1.54) is 6.20 Å². The van der Waals surface area contributed by atoms with Crippen molar-refractivity contribution in [2.75, 3.05) is 23.7 Å². The zero-order chi connectivity index (χ0) is 17.0. The minimum atomic E-state index is -1.18. The number of hydrogen-bond acceptors (Lipinski definition) is 4. The van der Waals surface area contributed by atoms with Gasteiger partial charge in [0.25, 0.3) is 0 Å². The molecular weight excluding hydrogens is 306 g/mol. The number of pyridine rings is 1. The van der Waals surface area contributed by atoms with Crippen LogP contribution >= 0.6 is 0 Å². The van der Waals surface area contributed by atoms with Gasteiger partial charge in [0.15, 0.2) is 0 Å². The fourth-order valence-electron chi connectivity index (χ4n) is 3.89. The van der Waals surface area contributed by atoms with Crippen LogP contribution in [-0.2, 0) is 0 Å². The number of benzene rings is 1. The van der Waals surface area contributed by atoms with Crippen molar-refractivity contribution in [1.82, 2.24) is 4.57 Å². The van der Waals surface area contributed by atoms with Crippen molar-refractivity contribution in [3.05, 3.63) is 33.6 Å². The average molecular weight is 327 g/mol. The summed E-state index contributed by atoms with van der Waals surface area (Å²) in [6, 6.07) is 1.95. The number of aromatic nitrogens is 1. The molecule has 2 fully saturated rings. The lowest BCUT2D eigenvalue weighted by Gasteiger charge is -2.25. The molecule has 0 unspecified atom stereocenters. The van der Waals surface area contributed by atoms with Gasteiger partial charge in [0.2, 0.25) is 5.43 Å². The van der Waals surface area contributed by atoms with Crippen LogP contribution in [0.4, 0.5) is 11.4 Å². The number of carboxylic acid groups (broad SMARTS) is 1. The van der Waals surface area contributed by atoms with Crippen LogP contribution in [-0.4, -0.2) is 28.7 Å². The van der Waals surface area contributed by atoms with Crippen molar-refractivity contribution >= 4 is 28.2 Å². The lowest BCUT2D eigenvalue weighted by atomic mass is 10.0. The summed E-state index contributed by atoms with van der Waals surface area (Å²) in [6.45, 7) is 3.93. The summed E-state index contributed by atoms with van der Waals surface area (Å²) in [5, 5.41) is 9.78. The zero-order valence-corrected chi connectivity index (χ0v) is 13.7. The molecule has 0 spiro atoms. The monoisotopic (exact) mass is 327 g/mol. The Bertz CT molecular complexity index is 906. The lowest BCUT2D eigenvalue weighted by Crippen LogP contribution is -2.23. The van der Waals surface area contributed by atoms with Crippen LogP contribution < -0.4 is 16.1 Å². The molecular formula is C18H21N3O3. The Morgan fingerprint density at radius 1 is 1.29 bits per heavy atom. The first kappa shape index (κ1) is 15.1. The minimum Gasteiger partial charge on any atom is -0.477 e. The molecule has 6 nitrogen and oxygen atoms in total. The molecule has 4 rings (SSSR count). The van der Waals surface area contributed by atoms with Crippen LogP contribution in [0.2, 0.25) is 0 Å². The molecule has 0 radical (unpaired) electrons. The van der Waals surface area contributed by atoms with Gasteiger partial charge in [0.05, 0.1) is 16.9 Å². The van der Waals surface area contributed by atoms with Gasteiger partial charge < -0.3 is 20.3 Å². The second-order valence-electron chi connectivity index (χ2n) is 6.85. The van der Waals surface area contributed by atoms with E-state index in [-0.39, 0.29) is 11.6 Å². The normalized spacial score (nSPS) is 17.6. The highest BCUT2D eigenvalue weighted by Gasteiger charge is 2.29. The van der Waals surface area contributed by atoms with E-state index in [9.17, 15) is 14.7 Å². The Kier molecular flexibility index (Phi) is 3.30. The number of anilines is 2. The van der Waals surface area contributed by atoms with Crippen LogP contribution in [0.25, 0.3) is 10.9 Å². The van der Waals surface area contributed by atoms with Crippen LogP contribution in [0, 0.1) is 6.92 Å². The lowest BCUT2D eigenvalue weighted by molar-refractivity contribution is 0.0695. The molecule has 1 saturated carbocycles. The first-order valence-electron chi connectivity index (χ1n) is 8.45. The van der Waals surface area contributed by atoms with E-state index in [0.29, 0.717) is 11.1 Å². The maximum Gasteiger partial charge on any atom is 0.341 e. The molecule has 1 saturated heterocycles. The highest BCUT2D eigenvalue weighted by molar-refractivity contribution is 5.98. The van der Waals surface area contributed by atoms with Gasteiger partial charge in [0.1, 0.15) is 5.56 Å². The Morgan fingerprint density at radius 2 is 1.96 bits per heavy atom. The first-order chi connectivity index (χ1) is 11.5. The predicted octanol–water partition coefficient (Wildman–Crippen LogP) is 2.53. The molecule has 0 bridgehead atoms. The minimum absolute atomic E-state index is 0.179. The second kappa shape index (κ2) is 5.26. The average Bonchev–Trinajstić information content (AvgIpc) is 3.24. The van der Waals surface area contributed by atoms with Crippen molar-refractivity contribution in [1.29, 1.82) is 0 Å². The van der Waals surface area contributed by atoms with Gasteiger partial charge in [-0.3, -0.25) is 4.79 Å². The van der Waals surface area contributed by atoms with E-state index >= 15 is 0 Å². The maximum absolute atomic E-state index is 12.6. The standard InChI is InChI=1S/C18H21N3O3/c1-10-15-12(8-14(19)16(10)20-6-2-3-7-20)17(22)13(18(23)24)9-21(15)11-4-5-11/h8-9,11H,2-7,19H2,1H3,(H,23,24). The van der Waals surface area contributed by atoms with E-state index in [4.69, 9.17) is 5.73 Å². The third-order valence-corrected chi connectivity index (χ3v) is 5.15. The number of fused-ring (bicyclic) bond motifs is 1. The van der Waals surface area contributed by atoms with Gasteiger partial charge in [-0.15, -0.1) is 0 Å². The number of nitrogens with zero attached hydrogens (tertiary/aromatic N) is 2. The Balaban J connectivity index is 2.07. The summed E-state index contributed by atoms with van der Waals surface area (Å²) in [4.78, 5) is 26.4. The Labute approximate surface area is 139 Å². The molecule has 1 aromatic carbocycles. The van der Waals surface area contributed by atoms with Crippen molar-refractivity contribution in [3.63, 3.8) is 0 Å². The summed E-state index contributed by atoms with van der Waals surface area (Å²) in [7, 11) is 0. The molecule has 2 aromatic rings. The maximum atomic E-state index is 12.6. The van der Waals surface area contributed by atoms with Crippen molar-refractivity contribution in [2.24, 2.45) is 0 Å². The quantitative estimate of drug-likeness (QED) is 0.846. The van der Waals surface area contributed by atoms with Crippen molar-refractivity contribution in [2.45, 2.75) is 38.6 Å². The number of nitrogens with two attached hydrogens (primary N) is 1. The van der Waals surface area contributed by atoms with Crippen LogP contribution in [0.15, 0.2) is 17.1 Å². The number of rotatable bonds is 3. The Morgan fingerprint density at radius 3 is 2.54 bits per heavy atom. The summed E-state index contributed by atoms with van der Waals surface area (Å²) in [6.07, 6.45) is 5.83. The highest BCUT2D eigenvalue weighted by Crippen LogP contribution is 2.41. The second-order valence-corrected chi connectivity index (χ2v) is 6.85. The fraction of sp³-hybridized carbons (Fsp3) is 0.444. The van der Waals surface area contributed by atoms with Gasteiger partial charge in [-0.1, -0.05) is 0 Å². The summed E-state index contributed by atoms with van der Waals surface area (Å²) >= 11 is 0. The molecule has 2 aliphatic rings. The molecule has 0 amide bonds. The first-order valence-corrected chi connectivity index (χ1v) is 8.45. The zero-order valence-electron chi connectivity index (χ0n) is 13.7. The van der Waals surface area contributed by atoms with E-state index in [1.54, 1.807) is 6.07 Å². The topological polar surface area (TPSA) is 88.6 Å². The van der Waals surface area contributed by atoms with Gasteiger partial charge in [-0.25, -0.2) is 4.79 Å². The molecule has 1 aliphatic heterocycles. The molecule has 0 atom stereocenters. The van der Waals surface area contributed by atoms with E-state index in [1.807, 2.05) is 11.5 Å². The third kappa shape index (κ3) is 2.17. The SMILES string of the molecule is Cc1c(N2CCCC2)c(N)cc2c(=O)c(C(=O)O)cn(C3CC3)c12. The molecule has 6 heteroatoms. The van der Waals surface area contributed by atoms with E-state index < -0.39 is 11.4 Å². The van der Waals surface area contributed by atoms with E-state index in [2.05, 4.69) is 4.90 Å². The summed E-state index contributed by atoms with van der Waals surface area (Å²) in [5.41, 5.74) is 9.01. The largest absolute Gasteiger partial charge is 0.477 e.